The lowest BCUT2D eigenvalue weighted by Gasteiger charge is -2.16. The van der Waals surface area contributed by atoms with E-state index in [4.69, 9.17) is 0 Å². The van der Waals surface area contributed by atoms with E-state index >= 15 is 0 Å². The molecule has 0 amide bonds. The second kappa shape index (κ2) is 5.76. The van der Waals surface area contributed by atoms with Crippen LogP contribution in [0, 0.1) is 6.92 Å². The van der Waals surface area contributed by atoms with Crippen LogP contribution < -0.4 is 5.32 Å². The molecule has 90 valence electrons. The van der Waals surface area contributed by atoms with Crippen molar-refractivity contribution in [3.05, 3.63) is 50.4 Å². The summed E-state index contributed by atoms with van der Waals surface area (Å²) < 4.78 is 1.21. The Morgan fingerprint density at radius 3 is 2.88 bits per heavy atom. The molecule has 0 fully saturated rings. The van der Waals surface area contributed by atoms with Crippen LogP contribution in [0.1, 0.15) is 29.0 Å². The minimum Gasteiger partial charge on any atom is -0.306 e. The van der Waals surface area contributed by atoms with Crippen LogP contribution in [0.4, 0.5) is 0 Å². The smallest absolute Gasteiger partial charge is 0.0731 e. The zero-order valence-electron chi connectivity index (χ0n) is 9.90. The topological polar surface area (TPSA) is 24.9 Å². The van der Waals surface area contributed by atoms with Crippen LogP contribution in [-0.2, 0) is 0 Å². The number of rotatable bonds is 4. The summed E-state index contributed by atoms with van der Waals surface area (Å²) in [7, 11) is 0. The minimum absolute atomic E-state index is 0.240. The molecular formula is C13H15BrN2S. The van der Waals surface area contributed by atoms with E-state index in [1.54, 1.807) is 11.3 Å². The first-order valence-corrected chi connectivity index (χ1v) is 7.22. The van der Waals surface area contributed by atoms with Crippen molar-refractivity contribution in [1.82, 2.24) is 10.3 Å². The molecule has 0 radical (unpaired) electrons. The van der Waals surface area contributed by atoms with Crippen LogP contribution in [0.2, 0.25) is 0 Å². The molecule has 0 saturated heterocycles. The van der Waals surface area contributed by atoms with Gasteiger partial charge in [-0.2, -0.15) is 0 Å². The Morgan fingerprint density at radius 2 is 2.35 bits per heavy atom. The van der Waals surface area contributed by atoms with Crippen molar-refractivity contribution in [3.8, 4) is 0 Å². The van der Waals surface area contributed by atoms with Gasteiger partial charge in [0.1, 0.15) is 0 Å². The molecule has 0 saturated carbocycles. The molecule has 4 heteroatoms. The zero-order chi connectivity index (χ0) is 12.3. The maximum Gasteiger partial charge on any atom is 0.0731 e. The fraction of sp³-hybridized carbons (Fsp3) is 0.308. The van der Waals surface area contributed by atoms with Crippen LogP contribution in [0.15, 0.2) is 34.4 Å². The van der Waals surface area contributed by atoms with E-state index in [-0.39, 0.29) is 6.04 Å². The van der Waals surface area contributed by atoms with Crippen LogP contribution in [-0.4, -0.2) is 11.5 Å². The van der Waals surface area contributed by atoms with Crippen molar-refractivity contribution in [3.63, 3.8) is 0 Å². The number of aromatic nitrogens is 1. The highest BCUT2D eigenvalue weighted by atomic mass is 79.9. The monoisotopic (exact) mass is 310 g/mol. The normalized spacial score (nSPS) is 12.6. The molecule has 2 rings (SSSR count). The molecule has 1 atom stereocenters. The quantitative estimate of drug-likeness (QED) is 0.926. The predicted molar refractivity (Wildman–Crippen MR) is 76.5 cm³/mol. The van der Waals surface area contributed by atoms with Gasteiger partial charge in [0.05, 0.1) is 9.83 Å². The summed E-state index contributed by atoms with van der Waals surface area (Å²) in [5.74, 6) is 0. The van der Waals surface area contributed by atoms with Gasteiger partial charge in [0, 0.05) is 17.3 Å². The first-order chi connectivity index (χ1) is 8.22. The van der Waals surface area contributed by atoms with E-state index in [1.807, 2.05) is 18.5 Å². The first-order valence-electron chi connectivity index (χ1n) is 5.61. The summed E-state index contributed by atoms with van der Waals surface area (Å²) in [5.41, 5.74) is 2.50. The molecule has 1 unspecified atom stereocenters. The van der Waals surface area contributed by atoms with Gasteiger partial charge in [-0.05, 0) is 52.7 Å². The number of hydrogen-bond donors (Lipinski definition) is 1. The van der Waals surface area contributed by atoms with Crippen molar-refractivity contribution in [2.24, 2.45) is 0 Å². The number of aryl methyl sites for hydroxylation is 1. The third-order valence-corrected chi connectivity index (χ3v) is 4.79. The maximum absolute atomic E-state index is 4.20. The van der Waals surface area contributed by atoms with Gasteiger partial charge in [0.2, 0.25) is 0 Å². The Morgan fingerprint density at radius 1 is 1.53 bits per heavy atom. The summed E-state index contributed by atoms with van der Waals surface area (Å²) >= 11 is 5.37. The van der Waals surface area contributed by atoms with Gasteiger partial charge >= 0.3 is 0 Å². The third-order valence-electron chi connectivity index (χ3n) is 2.59. The summed E-state index contributed by atoms with van der Waals surface area (Å²) in [6.07, 6.45) is 3.73. The largest absolute Gasteiger partial charge is 0.306 e. The second-order valence-electron chi connectivity index (χ2n) is 3.88. The van der Waals surface area contributed by atoms with Crippen LogP contribution in [0.3, 0.4) is 0 Å². The molecular weight excluding hydrogens is 296 g/mol. The van der Waals surface area contributed by atoms with Crippen molar-refractivity contribution < 1.29 is 0 Å². The third kappa shape index (κ3) is 2.94. The minimum atomic E-state index is 0.240. The Kier molecular flexibility index (Phi) is 4.31. The molecule has 0 aromatic carbocycles. The fourth-order valence-corrected chi connectivity index (χ4v) is 3.43. The molecule has 0 bridgehead atoms. The standard InChI is InChI=1S/C13H15BrN2S/c1-3-16-12(10-5-4-6-15-8-10)11-7-9(2)13(14)17-11/h4-8,12,16H,3H2,1-2H3. The highest BCUT2D eigenvalue weighted by Gasteiger charge is 2.16. The number of nitrogens with one attached hydrogen (secondary N) is 1. The average Bonchev–Trinajstić information content (AvgIpc) is 2.67. The van der Waals surface area contributed by atoms with Gasteiger partial charge in [-0.1, -0.05) is 13.0 Å². The predicted octanol–water partition coefficient (Wildman–Crippen LogP) is 3.91. The number of hydrogen-bond acceptors (Lipinski definition) is 3. The van der Waals surface area contributed by atoms with E-state index in [9.17, 15) is 0 Å². The zero-order valence-corrected chi connectivity index (χ0v) is 12.3. The second-order valence-corrected chi connectivity index (χ2v) is 6.28. The molecule has 2 aromatic heterocycles. The molecule has 2 aromatic rings. The Bertz CT molecular complexity index is 462. The van der Waals surface area contributed by atoms with Gasteiger partial charge in [-0.15, -0.1) is 11.3 Å². The Labute approximate surface area is 114 Å². The van der Waals surface area contributed by atoms with Crippen LogP contribution in [0.5, 0.6) is 0 Å². The number of nitrogens with zero attached hydrogens (tertiary/aromatic N) is 1. The molecule has 2 nitrogen and oxygen atoms in total. The molecule has 1 N–H and O–H groups in total. The van der Waals surface area contributed by atoms with E-state index in [1.165, 1.54) is 19.8 Å². The highest BCUT2D eigenvalue weighted by molar-refractivity contribution is 9.11. The van der Waals surface area contributed by atoms with E-state index in [0.717, 1.165) is 6.54 Å². The van der Waals surface area contributed by atoms with Crippen molar-refractivity contribution in [2.45, 2.75) is 19.9 Å². The van der Waals surface area contributed by atoms with Gasteiger partial charge in [-0.25, -0.2) is 0 Å². The number of halogens is 1. The molecule has 0 aliphatic rings. The molecule has 17 heavy (non-hydrogen) atoms. The molecule has 0 spiro atoms. The van der Waals surface area contributed by atoms with Gasteiger partial charge in [-0.3, -0.25) is 4.98 Å². The average molecular weight is 311 g/mol. The van der Waals surface area contributed by atoms with Gasteiger partial charge in [0.25, 0.3) is 0 Å². The highest BCUT2D eigenvalue weighted by Crippen LogP contribution is 2.34. The molecule has 2 heterocycles. The lowest BCUT2D eigenvalue weighted by Crippen LogP contribution is -2.21. The lowest BCUT2D eigenvalue weighted by molar-refractivity contribution is 0.637. The van der Waals surface area contributed by atoms with Crippen molar-refractivity contribution >= 4 is 27.3 Å². The van der Waals surface area contributed by atoms with E-state index < -0.39 is 0 Å². The molecule has 0 aliphatic heterocycles. The van der Waals surface area contributed by atoms with E-state index in [0.29, 0.717) is 0 Å². The fourth-order valence-electron chi connectivity index (χ4n) is 1.76. The van der Waals surface area contributed by atoms with Crippen molar-refractivity contribution in [2.75, 3.05) is 6.54 Å². The van der Waals surface area contributed by atoms with Crippen LogP contribution in [0.25, 0.3) is 0 Å². The van der Waals surface area contributed by atoms with E-state index in [2.05, 4.69) is 52.2 Å². The van der Waals surface area contributed by atoms with Crippen molar-refractivity contribution in [1.29, 1.82) is 0 Å². The number of pyridine rings is 1. The van der Waals surface area contributed by atoms with Crippen LogP contribution >= 0.6 is 27.3 Å². The summed E-state index contributed by atoms with van der Waals surface area (Å²) in [4.78, 5) is 5.52. The summed E-state index contributed by atoms with van der Waals surface area (Å²) in [6.45, 7) is 5.18. The summed E-state index contributed by atoms with van der Waals surface area (Å²) in [6, 6.07) is 6.57. The van der Waals surface area contributed by atoms with Gasteiger partial charge in [0.15, 0.2) is 0 Å². The first kappa shape index (κ1) is 12.7. The lowest BCUT2D eigenvalue weighted by atomic mass is 10.1. The number of thiophene rings is 1. The summed E-state index contributed by atoms with van der Waals surface area (Å²) in [5, 5.41) is 3.51. The maximum atomic E-state index is 4.20. The molecule has 0 aliphatic carbocycles. The SMILES string of the molecule is CCNC(c1cccnc1)c1cc(C)c(Br)s1. The Hall–Kier alpha value is -0.710. The Balaban J connectivity index is 2.35. The van der Waals surface area contributed by atoms with Gasteiger partial charge < -0.3 is 5.32 Å².